The minimum Gasteiger partial charge on any atom is -0.389 e. The van der Waals surface area contributed by atoms with Crippen LogP contribution in [-0.2, 0) is 13.1 Å². The molecule has 0 fully saturated rings. The van der Waals surface area contributed by atoms with Gasteiger partial charge in [0.15, 0.2) is 0 Å². The molecule has 0 atom stereocenters. The molecular weight excluding hydrogens is 258 g/mol. The van der Waals surface area contributed by atoms with Gasteiger partial charge in [-0.2, -0.15) is 5.10 Å². The summed E-state index contributed by atoms with van der Waals surface area (Å²) in [5, 5.41) is 4.16. The molecule has 100 valence electrons. The van der Waals surface area contributed by atoms with Crippen molar-refractivity contribution in [1.82, 2.24) is 14.8 Å². The maximum absolute atomic E-state index is 5.58. The van der Waals surface area contributed by atoms with Crippen LogP contribution in [0.2, 0.25) is 0 Å². The molecule has 2 N–H and O–H groups in total. The average Bonchev–Trinajstić information content (AvgIpc) is 2.86. The quantitative estimate of drug-likeness (QED) is 0.839. The first-order chi connectivity index (χ1) is 9.11. The number of hydrogen-bond acceptors (Lipinski definition) is 4. The van der Waals surface area contributed by atoms with E-state index in [1.54, 1.807) is 6.33 Å². The molecule has 0 amide bonds. The van der Waals surface area contributed by atoms with Crippen LogP contribution in [0.4, 0.5) is 5.69 Å². The van der Waals surface area contributed by atoms with Gasteiger partial charge in [0, 0.05) is 24.8 Å². The molecule has 0 aliphatic heterocycles. The Kier molecular flexibility index (Phi) is 4.11. The molecule has 1 aromatic carbocycles. The summed E-state index contributed by atoms with van der Waals surface area (Å²) in [6.07, 6.45) is 1.59. The van der Waals surface area contributed by atoms with Gasteiger partial charge in [0.05, 0.1) is 6.54 Å². The lowest BCUT2D eigenvalue weighted by Gasteiger charge is -2.19. The van der Waals surface area contributed by atoms with Crippen LogP contribution >= 0.6 is 12.2 Å². The van der Waals surface area contributed by atoms with Gasteiger partial charge in [-0.15, -0.1) is 0 Å². The fourth-order valence-corrected chi connectivity index (χ4v) is 1.99. The first kappa shape index (κ1) is 13.5. The number of aromatic nitrogens is 3. The number of nitrogens with zero attached hydrogens (tertiary/aromatic N) is 4. The number of thiocarbonyl (C=S) groups is 1. The van der Waals surface area contributed by atoms with E-state index < -0.39 is 0 Å². The van der Waals surface area contributed by atoms with E-state index >= 15 is 0 Å². The standard InChI is InChI=1S/C13H17N5S/c1-3-18-12(15-9-16-18)8-17(2)11-6-4-10(5-7-11)13(14)19/h4-7,9H,3,8H2,1-2H3,(H2,14,19). The molecule has 1 aromatic heterocycles. The second-order valence-corrected chi connectivity index (χ2v) is 4.70. The summed E-state index contributed by atoms with van der Waals surface area (Å²) in [7, 11) is 2.02. The summed E-state index contributed by atoms with van der Waals surface area (Å²) in [6.45, 7) is 3.58. The summed E-state index contributed by atoms with van der Waals surface area (Å²) in [5.41, 5.74) is 7.55. The van der Waals surface area contributed by atoms with Crippen molar-refractivity contribution in [3.63, 3.8) is 0 Å². The van der Waals surface area contributed by atoms with Gasteiger partial charge in [0.2, 0.25) is 0 Å². The van der Waals surface area contributed by atoms with Crippen LogP contribution in [0.25, 0.3) is 0 Å². The highest BCUT2D eigenvalue weighted by molar-refractivity contribution is 7.80. The molecule has 2 rings (SSSR count). The Morgan fingerprint density at radius 1 is 1.37 bits per heavy atom. The second-order valence-electron chi connectivity index (χ2n) is 4.26. The normalized spacial score (nSPS) is 10.4. The van der Waals surface area contributed by atoms with E-state index in [4.69, 9.17) is 18.0 Å². The van der Waals surface area contributed by atoms with Gasteiger partial charge < -0.3 is 10.6 Å². The second kappa shape index (κ2) is 5.79. The molecule has 0 unspecified atom stereocenters. The summed E-state index contributed by atoms with van der Waals surface area (Å²) < 4.78 is 1.89. The fourth-order valence-electron chi connectivity index (χ4n) is 1.86. The molecule has 5 nitrogen and oxygen atoms in total. The Morgan fingerprint density at radius 2 is 2.05 bits per heavy atom. The largest absolute Gasteiger partial charge is 0.389 e. The predicted octanol–water partition coefficient (Wildman–Crippen LogP) is 1.57. The zero-order valence-corrected chi connectivity index (χ0v) is 11.9. The molecule has 0 spiro atoms. The summed E-state index contributed by atoms with van der Waals surface area (Å²) >= 11 is 4.94. The van der Waals surface area contributed by atoms with Crippen molar-refractivity contribution >= 4 is 22.9 Å². The highest BCUT2D eigenvalue weighted by Crippen LogP contribution is 2.15. The molecule has 2 aromatic rings. The molecule has 6 heteroatoms. The van der Waals surface area contributed by atoms with Gasteiger partial charge >= 0.3 is 0 Å². The summed E-state index contributed by atoms with van der Waals surface area (Å²) in [5.74, 6) is 0.948. The lowest BCUT2D eigenvalue weighted by Crippen LogP contribution is -2.20. The van der Waals surface area contributed by atoms with E-state index in [9.17, 15) is 0 Å². The van der Waals surface area contributed by atoms with E-state index in [0.29, 0.717) is 11.5 Å². The van der Waals surface area contributed by atoms with Gasteiger partial charge in [0.1, 0.15) is 17.1 Å². The van der Waals surface area contributed by atoms with Crippen LogP contribution in [-0.4, -0.2) is 26.8 Å². The van der Waals surface area contributed by atoms with Crippen molar-refractivity contribution in [2.75, 3.05) is 11.9 Å². The third kappa shape index (κ3) is 3.08. The number of rotatable bonds is 5. The van der Waals surface area contributed by atoms with E-state index in [2.05, 4.69) is 21.9 Å². The van der Waals surface area contributed by atoms with Crippen molar-refractivity contribution in [1.29, 1.82) is 0 Å². The lowest BCUT2D eigenvalue weighted by atomic mass is 10.2. The highest BCUT2D eigenvalue weighted by Gasteiger charge is 2.07. The highest BCUT2D eigenvalue weighted by atomic mass is 32.1. The number of anilines is 1. The maximum atomic E-state index is 5.58. The van der Waals surface area contributed by atoms with Crippen LogP contribution < -0.4 is 10.6 Å². The Bertz CT molecular complexity index is 561. The summed E-state index contributed by atoms with van der Waals surface area (Å²) in [6, 6.07) is 7.86. The van der Waals surface area contributed by atoms with E-state index in [0.717, 1.165) is 23.6 Å². The smallest absolute Gasteiger partial charge is 0.146 e. The fraction of sp³-hybridized carbons (Fsp3) is 0.308. The molecule has 0 bridgehead atoms. The SMILES string of the molecule is CCn1ncnc1CN(C)c1ccc(C(N)=S)cc1. The molecule has 0 saturated carbocycles. The zero-order chi connectivity index (χ0) is 13.8. The zero-order valence-electron chi connectivity index (χ0n) is 11.1. The van der Waals surface area contributed by atoms with E-state index in [-0.39, 0.29) is 0 Å². The van der Waals surface area contributed by atoms with Crippen LogP contribution in [0.15, 0.2) is 30.6 Å². The van der Waals surface area contributed by atoms with Gasteiger partial charge in [-0.1, -0.05) is 12.2 Å². The van der Waals surface area contributed by atoms with Crippen molar-refractivity contribution in [3.05, 3.63) is 42.0 Å². The number of aryl methyl sites for hydroxylation is 1. The molecule has 0 aliphatic carbocycles. The molecular formula is C13H17N5S. The molecule has 1 heterocycles. The molecule has 0 aliphatic rings. The van der Waals surface area contributed by atoms with Crippen LogP contribution in [0, 0.1) is 0 Å². The Balaban J connectivity index is 2.11. The average molecular weight is 275 g/mol. The molecule has 0 saturated heterocycles. The summed E-state index contributed by atoms with van der Waals surface area (Å²) in [4.78, 5) is 6.79. The van der Waals surface area contributed by atoms with E-state index in [1.807, 2.05) is 36.0 Å². The third-order valence-corrected chi connectivity index (χ3v) is 3.20. The maximum Gasteiger partial charge on any atom is 0.146 e. The van der Waals surface area contributed by atoms with Gasteiger partial charge in [0.25, 0.3) is 0 Å². The molecule has 0 radical (unpaired) electrons. The van der Waals surface area contributed by atoms with Crippen LogP contribution in [0.3, 0.4) is 0 Å². The van der Waals surface area contributed by atoms with Crippen molar-refractivity contribution in [3.8, 4) is 0 Å². The van der Waals surface area contributed by atoms with Crippen molar-refractivity contribution in [2.24, 2.45) is 5.73 Å². The Labute approximate surface area is 118 Å². The lowest BCUT2D eigenvalue weighted by molar-refractivity contribution is 0.610. The minimum absolute atomic E-state index is 0.417. The van der Waals surface area contributed by atoms with Gasteiger partial charge in [-0.05, 0) is 31.2 Å². The minimum atomic E-state index is 0.417. The number of benzene rings is 1. The van der Waals surface area contributed by atoms with Crippen molar-refractivity contribution in [2.45, 2.75) is 20.0 Å². The number of hydrogen-bond donors (Lipinski definition) is 1. The van der Waals surface area contributed by atoms with Gasteiger partial charge in [-0.25, -0.2) is 9.67 Å². The Hall–Kier alpha value is -1.95. The number of nitrogens with two attached hydrogens (primary N) is 1. The third-order valence-electron chi connectivity index (χ3n) is 2.97. The first-order valence-electron chi connectivity index (χ1n) is 6.09. The van der Waals surface area contributed by atoms with Crippen LogP contribution in [0.1, 0.15) is 18.3 Å². The van der Waals surface area contributed by atoms with Gasteiger partial charge in [-0.3, -0.25) is 0 Å². The monoisotopic (exact) mass is 275 g/mol. The predicted molar refractivity (Wildman–Crippen MR) is 80.1 cm³/mol. The molecule has 19 heavy (non-hydrogen) atoms. The van der Waals surface area contributed by atoms with Crippen molar-refractivity contribution < 1.29 is 0 Å². The Morgan fingerprint density at radius 3 is 2.63 bits per heavy atom. The topological polar surface area (TPSA) is 60.0 Å². The first-order valence-corrected chi connectivity index (χ1v) is 6.50. The van der Waals surface area contributed by atoms with Crippen LogP contribution in [0.5, 0.6) is 0 Å². The van der Waals surface area contributed by atoms with E-state index in [1.165, 1.54) is 0 Å².